The molecule has 1 aliphatic heterocycles. The normalized spacial score (nSPS) is 34.1. The Bertz CT molecular complexity index is 366. The summed E-state index contributed by atoms with van der Waals surface area (Å²) >= 11 is 0. The Morgan fingerprint density at radius 2 is 1.74 bits per heavy atom. The lowest BCUT2D eigenvalue weighted by Gasteiger charge is -2.33. The fourth-order valence-electron chi connectivity index (χ4n) is 3.61. The molecule has 1 amide bonds. The number of hydrogen-bond acceptors (Lipinski definition) is 3. The molecular weight excluding hydrogens is 246 g/mol. The van der Waals surface area contributed by atoms with Gasteiger partial charge < -0.3 is 14.7 Å². The van der Waals surface area contributed by atoms with Crippen molar-refractivity contribution in [3.05, 3.63) is 0 Å². The molecule has 19 heavy (non-hydrogen) atoms. The molecule has 2 unspecified atom stereocenters. The van der Waals surface area contributed by atoms with Gasteiger partial charge in [0, 0.05) is 19.0 Å². The number of piperidine rings is 1. The molecule has 3 aliphatic rings. The average Bonchev–Trinajstić information content (AvgIpc) is 3.03. The Morgan fingerprint density at radius 3 is 2.32 bits per heavy atom. The van der Waals surface area contributed by atoms with E-state index in [1.807, 2.05) is 4.90 Å². The largest absolute Gasteiger partial charge is 0.480 e. The summed E-state index contributed by atoms with van der Waals surface area (Å²) in [6, 6.07) is 0. The van der Waals surface area contributed by atoms with Gasteiger partial charge in [-0.1, -0.05) is 0 Å². The van der Waals surface area contributed by atoms with Crippen LogP contribution in [0.2, 0.25) is 0 Å². The molecule has 5 heteroatoms. The summed E-state index contributed by atoms with van der Waals surface area (Å²) in [6.45, 7) is 1.20. The Kier molecular flexibility index (Phi) is 3.48. The summed E-state index contributed by atoms with van der Waals surface area (Å²) < 4.78 is 5.28. The number of carbonyl (C=O) groups is 2. The van der Waals surface area contributed by atoms with Gasteiger partial charge >= 0.3 is 5.97 Å². The van der Waals surface area contributed by atoms with Crippen LogP contribution in [0.15, 0.2) is 0 Å². The molecule has 0 aromatic heterocycles. The molecule has 0 radical (unpaired) electrons. The second-order valence-corrected chi connectivity index (χ2v) is 6.15. The summed E-state index contributed by atoms with van der Waals surface area (Å²) in [4.78, 5) is 24.7. The number of fused-ring (bicyclic) bond motifs is 1. The molecule has 3 rings (SSSR count). The minimum atomic E-state index is -0.927. The first-order valence-electron chi connectivity index (χ1n) is 7.25. The van der Waals surface area contributed by atoms with E-state index in [4.69, 9.17) is 9.84 Å². The third-order valence-corrected chi connectivity index (χ3v) is 4.79. The van der Waals surface area contributed by atoms with E-state index in [-0.39, 0.29) is 18.6 Å². The zero-order valence-corrected chi connectivity index (χ0v) is 11.1. The molecule has 2 aliphatic carbocycles. The van der Waals surface area contributed by atoms with Crippen molar-refractivity contribution in [1.29, 1.82) is 0 Å². The molecule has 0 bridgehead atoms. The number of likely N-dealkylation sites (tertiary alicyclic amines) is 1. The van der Waals surface area contributed by atoms with Crippen molar-refractivity contribution in [1.82, 2.24) is 4.90 Å². The summed E-state index contributed by atoms with van der Waals surface area (Å²) in [5.74, 6) is 1.34. The molecule has 0 aromatic rings. The number of aliphatic carboxylic acids is 1. The summed E-state index contributed by atoms with van der Waals surface area (Å²) in [7, 11) is 0. The van der Waals surface area contributed by atoms with E-state index in [0.717, 1.165) is 50.6 Å². The minimum absolute atomic E-state index is 0.00266. The van der Waals surface area contributed by atoms with Crippen molar-refractivity contribution in [3.8, 4) is 0 Å². The van der Waals surface area contributed by atoms with E-state index in [1.54, 1.807) is 0 Å². The molecule has 2 atom stereocenters. The van der Waals surface area contributed by atoms with E-state index >= 15 is 0 Å². The summed E-state index contributed by atoms with van der Waals surface area (Å²) in [5, 5.41) is 8.57. The lowest BCUT2D eigenvalue weighted by atomic mass is 9.99. The lowest BCUT2D eigenvalue weighted by Crippen LogP contribution is -2.43. The summed E-state index contributed by atoms with van der Waals surface area (Å²) in [5.41, 5.74) is 0. The molecule has 1 saturated heterocycles. The van der Waals surface area contributed by atoms with Crippen molar-refractivity contribution >= 4 is 11.9 Å². The van der Waals surface area contributed by atoms with Crippen LogP contribution in [0.5, 0.6) is 0 Å². The van der Waals surface area contributed by atoms with E-state index in [1.165, 1.54) is 6.42 Å². The number of carbonyl (C=O) groups excluding carboxylic acids is 1. The molecule has 1 heterocycles. The highest BCUT2D eigenvalue weighted by Gasteiger charge is 2.48. The Labute approximate surface area is 112 Å². The quantitative estimate of drug-likeness (QED) is 0.829. The zero-order valence-electron chi connectivity index (χ0n) is 11.1. The van der Waals surface area contributed by atoms with Gasteiger partial charge in [0.15, 0.2) is 0 Å². The SMILES string of the molecule is O=C(O)COC1CCN(C(=O)C2CC3CC3C2)CC1. The van der Waals surface area contributed by atoms with Crippen LogP contribution in [-0.4, -0.2) is 47.7 Å². The molecule has 106 valence electrons. The maximum Gasteiger partial charge on any atom is 0.329 e. The molecule has 3 fully saturated rings. The van der Waals surface area contributed by atoms with Gasteiger partial charge in [-0.2, -0.15) is 0 Å². The first kappa shape index (κ1) is 12.9. The second-order valence-electron chi connectivity index (χ2n) is 6.15. The Balaban J connectivity index is 1.42. The van der Waals surface area contributed by atoms with E-state index in [9.17, 15) is 9.59 Å². The predicted octanol–water partition coefficient (Wildman–Crippen LogP) is 1.12. The molecule has 0 aromatic carbocycles. The van der Waals surface area contributed by atoms with Gasteiger partial charge in [-0.25, -0.2) is 4.79 Å². The maximum absolute atomic E-state index is 12.3. The first-order chi connectivity index (χ1) is 9.13. The van der Waals surface area contributed by atoms with Crippen LogP contribution < -0.4 is 0 Å². The Morgan fingerprint density at radius 1 is 1.11 bits per heavy atom. The molecule has 5 nitrogen and oxygen atoms in total. The Hall–Kier alpha value is -1.10. The van der Waals surface area contributed by atoms with Gasteiger partial charge in [-0.15, -0.1) is 0 Å². The number of carboxylic acid groups (broad SMARTS) is 1. The average molecular weight is 267 g/mol. The van der Waals surface area contributed by atoms with E-state index in [0.29, 0.717) is 5.91 Å². The molecule has 2 saturated carbocycles. The van der Waals surface area contributed by atoms with Crippen LogP contribution in [0.3, 0.4) is 0 Å². The van der Waals surface area contributed by atoms with Crippen LogP contribution in [0.1, 0.15) is 32.1 Å². The smallest absolute Gasteiger partial charge is 0.329 e. The first-order valence-corrected chi connectivity index (χ1v) is 7.25. The van der Waals surface area contributed by atoms with Crippen molar-refractivity contribution < 1.29 is 19.4 Å². The number of rotatable bonds is 4. The van der Waals surface area contributed by atoms with Crippen molar-refractivity contribution in [3.63, 3.8) is 0 Å². The number of nitrogens with zero attached hydrogens (tertiary/aromatic N) is 1. The maximum atomic E-state index is 12.3. The van der Waals surface area contributed by atoms with Crippen molar-refractivity contribution in [2.24, 2.45) is 17.8 Å². The molecular formula is C14H21NO4. The monoisotopic (exact) mass is 267 g/mol. The van der Waals surface area contributed by atoms with Crippen LogP contribution in [0.4, 0.5) is 0 Å². The molecule has 0 spiro atoms. The van der Waals surface area contributed by atoms with Gasteiger partial charge in [0.25, 0.3) is 0 Å². The number of carboxylic acids is 1. The number of amides is 1. The third-order valence-electron chi connectivity index (χ3n) is 4.79. The lowest BCUT2D eigenvalue weighted by molar-refractivity contribution is -0.147. The fraction of sp³-hybridized carbons (Fsp3) is 0.857. The van der Waals surface area contributed by atoms with Crippen LogP contribution in [0.25, 0.3) is 0 Å². The van der Waals surface area contributed by atoms with Gasteiger partial charge in [0.05, 0.1) is 6.10 Å². The van der Waals surface area contributed by atoms with Crippen LogP contribution in [-0.2, 0) is 14.3 Å². The van der Waals surface area contributed by atoms with Gasteiger partial charge in [-0.05, 0) is 43.9 Å². The highest BCUT2D eigenvalue weighted by molar-refractivity contribution is 5.79. The van der Waals surface area contributed by atoms with Gasteiger partial charge in [0.1, 0.15) is 6.61 Å². The number of hydrogen-bond donors (Lipinski definition) is 1. The standard InChI is InChI=1S/C14H21NO4/c16-13(17)8-19-12-1-3-15(4-2-12)14(18)11-6-9-5-10(9)7-11/h9-12H,1-8H2,(H,16,17). The minimum Gasteiger partial charge on any atom is -0.480 e. The summed E-state index contributed by atoms with van der Waals surface area (Å²) in [6.07, 6.45) is 5.06. The predicted molar refractivity (Wildman–Crippen MR) is 67.5 cm³/mol. The topological polar surface area (TPSA) is 66.8 Å². The van der Waals surface area contributed by atoms with E-state index < -0.39 is 5.97 Å². The van der Waals surface area contributed by atoms with Gasteiger partial charge in [0.2, 0.25) is 5.91 Å². The molecule has 1 N–H and O–H groups in total. The fourth-order valence-corrected chi connectivity index (χ4v) is 3.61. The number of ether oxygens (including phenoxy) is 1. The highest BCUT2D eigenvalue weighted by atomic mass is 16.5. The van der Waals surface area contributed by atoms with Crippen molar-refractivity contribution in [2.75, 3.05) is 19.7 Å². The van der Waals surface area contributed by atoms with Crippen molar-refractivity contribution in [2.45, 2.75) is 38.2 Å². The third kappa shape index (κ3) is 2.91. The van der Waals surface area contributed by atoms with Gasteiger partial charge in [-0.3, -0.25) is 4.79 Å². The highest BCUT2D eigenvalue weighted by Crippen LogP contribution is 2.54. The van der Waals surface area contributed by atoms with E-state index in [2.05, 4.69) is 0 Å². The van der Waals surface area contributed by atoms with Crippen LogP contribution in [0, 0.1) is 17.8 Å². The zero-order chi connectivity index (χ0) is 13.4. The van der Waals surface area contributed by atoms with Crippen LogP contribution >= 0.6 is 0 Å². The second kappa shape index (κ2) is 5.12.